The Kier molecular flexibility index (Phi) is 5.85. The van der Waals surface area contributed by atoms with Gasteiger partial charge < -0.3 is 10.1 Å². The molecule has 1 heterocycles. The Bertz CT molecular complexity index is 910. The molecule has 6 atom stereocenters. The molecule has 1 aliphatic heterocycles. The maximum atomic E-state index is 12.7. The van der Waals surface area contributed by atoms with Crippen molar-refractivity contribution in [3.05, 3.63) is 28.2 Å². The summed E-state index contributed by atoms with van der Waals surface area (Å²) in [6.07, 6.45) is 0.656. The van der Waals surface area contributed by atoms with Gasteiger partial charge in [-0.25, -0.2) is 0 Å². The summed E-state index contributed by atoms with van der Waals surface area (Å²) in [6, 6.07) is 5.27. The predicted molar refractivity (Wildman–Crippen MR) is 113 cm³/mol. The van der Waals surface area contributed by atoms with Crippen LogP contribution in [-0.4, -0.2) is 52.5 Å². The van der Waals surface area contributed by atoms with E-state index in [0.717, 1.165) is 14.9 Å². The van der Waals surface area contributed by atoms with Crippen LogP contribution >= 0.6 is 39.1 Å². The van der Waals surface area contributed by atoms with Crippen LogP contribution in [0.4, 0.5) is 5.69 Å². The van der Waals surface area contributed by atoms with Crippen molar-refractivity contribution < 1.29 is 23.9 Å². The fraction of sp³-hybridized carbons (Fsp3) is 0.500. The molecule has 30 heavy (non-hydrogen) atoms. The molecule has 0 spiro atoms. The van der Waals surface area contributed by atoms with Crippen molar-refractivity contribution >= 4 is 68.5 Å². The standard InChI is InChI=1S/C20H19BrCl2N2O5/c1-8-4-9(2-3-12(8)21)24-13(26)7-30-14(27)6-25-19(28)15-10-5-11(16(15)20(25)29)18(23)17(10)22/h2-4,10-11,15-18H,5-7H2,1H3,(H,24,26)/t10-,11-,15-,16-,17-,18+/m1/s1. The number of carbonyl (C=O) groups excluding carboxylic acids is 4. The summed E-state index contributed by atoms with van der Waals surface area (Å²) >= 11 is 16.0. The van der Waals surface area contributed by atoms with E-state index in [1.54, 1.807) is 18.2 Å². The van der Waals surface area contributed by atoms with Crippen LogP contribution in [0.25, 0.3) is 0 Å². The number of rotatable bonds is 5. The number of likely N-dealkylation sites (tertiary alicyclic amines) is 1. The second kappa shape index (κ2) is 8.13. The molecule has 2 bridgehead atoms. The monoisotopic (exact) mass is 516 g/mol. The number of esters is 1. The van der Waals surface area contributed by atoms with Gasteiger partial charge in [-0.15, -0.1) is 23.2 Å². The Morgan fingerprint density at radius 2 is 1.77 bits per heavy atom. The number of carbonyl (C=O) groups is 4. The van der Waals surface area contributed by atoms with Crippen molar-refractivity contribution in [3.8, 4) is 0 Å². The van der Waals surface area contributed by atoms with Gasteiger partial charge in [0.25, 0.3) is 5.91 Å². The lowest BCUT2D eigenvalue weighted by molar-refractivity contribution is -0.154. The second-order valence-corrected chi connectivity index (χ2v) is 9.80. The van der Waals surface area contributed by atoms with Crippen LogP contribution in [0.1, 0.15) is 12.0 Å². The molecule has 4 rings (SSSR count). The van der Waals surface area contributed by atoms with E-state index in [4.69, 9.17) is 27.9 Å². The zero-order chi connectivity index (χ0) is 21.7. The Labute approximate surface area is 191 Å². The average Bonchev–Trinajstić information content (AvgIpc) is 3.30. The first kappa shape index (κ1) is 21.6. The Hall–Kier alpha value is -1.64. The molecule has 0 aromatic heterocycles. The third kappa shape index (κ3) is 3.63. The number of benzene rings is 1. The number of fused-ring (bicyclic) bond motifs is 5. The van der Waals surface area contributed by atoms with E-state index < -0.39 is 48.7 Å². The normalized spacial score (nSPS) is 31.8. The van der Waals surface area contributed by atoms with Crippen LogP contribution in [0.2, 0.25) is 0 Å². The first-order valence-corrected chi connectivity index (χ1v) is 11.2. The predicted octanol–water partition coefficient (Wildman–Crippen LogP) is 2.70. The lowest BCUT2D eigenvalue weighted by atomic mass is 9.80. The number of nitrogens with one attached hydrogen (secondary N) is 1. The average molecular weight is 518 g/mol. The summed E-state index contributed by atoms with van der Waals surface area (Å²) in [6.45, 7) is 0.842. The minimum absolute atomic E-state index is 0.151. The maximum Gasteiger partial charge on any atom is 0.326 e. The Morgan fingerprint density at radius 1 is 1.17 bits per heavy atom. The minimum Gasteiger partial charge on any atom is -0.454 e. The van der Waals surface area contributed by atoms with Crippen LogP contribution in [0, 0.1) is 30.6 Å². The highest BCUT2D eigenvalue weighted by Crippen LogP contribution is 2.59. The number of ether oxygens (including phenoxy) is 1. The Balaban J connectivity index is 1.31. The largest absolute Gasteiger partial charge is 0.454 e. The first-order valence-electron chi connectivity index (χ1n) is 9.54. The summed E-state index contributed by atoms with van der Waals surface area (Å²) < 4.78 is 5.87. The number of anilines is 1. The van der Waals surface area contributed by atoms with E-state index in [0.29, 0.717) is 12.1 Å². The fourth-order valence-electron chi connectivity index (χ4n) is 4.81. The molecule has 10 heteroatoms. The molecule has 1 N–H and O–H groups in total. The number of imide groups is 1. The summed E-state index contributed by atoms with van der Waals surface area (Å²) in [5.41, 5.74) is 1.50. The molecular formula is C20H19BrCl2N2O5. The number of hydrogen-bond donors (Lipinski definition) is 1. The van der Waals surface area contributed by atoms with E-state index in [1.807, 2.05) is 6.92 Å². The van der Waals surface area contributed by atoms with Crippen LogP contribution in [-0.2, 0) is 23.9 Å². The van der Waals surface area contributed by atoms with Crippen molar-refractivity contribution in [1.29, 1.82) is 0 Å². The zero-order valence-corrected chi connectivity index (χ0v) is 19.0. The smallest absolute Gasteiger partial charge is 0.326 e. The van der Waals surface area contributed by atoms with E-state index in [2.05, 4.69) is 21.2 Å². The van der Waals surface area contributed by atoms with Gasteiger partial charge in [-0.3, -0.25) is 24.1 Å². The second-order valence-electron chi connectivity index (χ2n) is 7.94. The van der Waals surface area contributed by atoms with Gasteiger partial charge in [-0.2, -0.15) is 0 Å². The van der Waals surface area contributed by atoms with Crippen molar-refractivity contribution in [2.24, 2.45) is 23.7 Å². The first-order chi connectivity index (χ1) is 14.2. The number of hydrogen-bond acceptors (Lipinski definition) is 5. The van der Waals surface area contributed by atoms with Gasteiger partial charge in [-0.1, -0.05) is 15.9 Å². The van der Waals surface area contributed by atoms with Crippen molar-refractivity contribution in [3.63, 3.8) is 0 Å². The van der Waals surface area contributed by atoms with Gasteiger partial charge in [0.05, 0.1) is 22.6 Å². The SMILES string of the molecule is Cc1cc(NC(=O)COC(=O)CN2C(=O)[C@@H]3[C@H]4C[C@@H]([C@@H](Cl)[C@H]4Cl)[C@H]3C2=O)ccc1Br. The highest BCUT2D eigenvalue weighted by molar-refractivity contribution is 9.10. The summed E-state index contributed by atoms with van der Waals surface area (Å²) in [7, 11) is 0. The van der Waals surface area contributed by atoms with Gasteiger partial charge in [0.15, 0.2) is 6.61 Å². The zero-order valence-electron chi connectivity index (χ0n) is 15.9. The maximum absolute atomic E-state index is 12.7. The van der Waals surface area contributed by atoms with Gasteiger partial charge in [0.1, 0.15) is 6.54 Å². The highest BCUT2D eigenvalue weighted by atomic mass is 79.9. The summed E-state index contributed by atoms with van der Waals surface area (Å²) in [5, 5.41) is 1.92. The number of halogens is 3. The van der Waals surface area contributed by atoms with Crippen LogP contribution in [0.3, 0.4) is 0 Å². The van der Waals surface area contributed by atoms with Gasteiger partial charge in [0.2, 0.25) is 11.8 Å². The van der Waals surface area contributed by atoms with Crippen molar-refractivity contribution in [1.82, 2.24) is 4.90 Å². The topological polar surface area (TPSA) is 92.8 Å². The molecule has 0 unspecified atom stereocenters. The van der Waals surface area contributed by atoms with Crippen LogP contribution in [0.15, 0.2) is 22.7 Å². The summed E-state index contributed by atoms with van der Waals surface area (Å²) in [4.78, 5) is 50.6. The number of aryl methyl sites for hydroxylation is 1. The molecule has 3 amide bonds. The molecule has 1 aromatic rings. The summed E-state index contributed by atoms with van der Waals surface area (Å²) in [5.74, 6) is -3.49. The third-order valence-corrected chi connectivity index (χ3v) is 8.38. The van der Waals surface area contributed by atoms with E-state index in [9.17, 15) is 19.2 Å². The molecule has 160 valence electrons. The Morgan fingerprint density at radius 3 is 2.33 bits per heavy atom. The molecule has 2 aliphatic carbocycles. The molecule has 7 nitrogen and oxygen atoms in total. The van der Waals surface area contributed by atoms with Crippen molar-refractivity contribution in [2.45, 2.75) is 24.1 Å². The van der Waals surface area contributed by atoms with Gasteiger partial charge >= 0.3 is 5.97 Å². The molecular weight excluding hydrogens is 499 g/mol. The molecule has 1 saturated heterocycles. The molecule has 3 aliphatic rings. The number of amides is 3. The van der Waals surface area contributed by atoms with E-state index in [1.165, 1.54) is 0 Å². The van der Waals surface area contributed by atoms with Crippen LogP contribution < -0.4 is 5.32 Å². The fourth-order valence-corrected chi connectivity index (χ4v) is 5.95. The molecule has 1 aromatic carbocycles. The quantitative estimate of drug-likeness (QED) is 0.368. The van der Waals surface area contributed by atoms with E-state index in [-0.39, 0.29) is 22.6 Å². The minimum atomic E-state index is -0.823. The molecule has 3 fully saturated rings. The number of alkyl halides is 2. The van der Waals surface area contributed by atoms with E-state index >= 15 is 0 Å². The lowest BCUT2D eigenvalue weighted by Gasteiger charge is -2.28. The number of nitrogens with zero attached hydrogens (tertiary/aromatic N) is 1. The van der Waals surface area contributed by atoms with Crippen molar-refractivity contribution in [2.75, 3.05) is 18.5 Å². The van der Waals surface area contributed by atoms with Gasteiger partial charge in [0, 0.05) is 10.2 Å². The highest BCUT2D eigenvalue weighted by Gasteiger charge is 2.66. The van der Waals surface area contributed by atoms with Crippen LogP contribution in [0.5, 0.6) is 0 Å². The van der Waals surface area contributed by atoms with Gasteiger partial charge in [-0.05, 0) is 48.9 Å². The molecule has 0 radical (unpaired) electrons. The molecule has 2 saturated carbocycles. The lowest BCUT2D eigenvalue weighted by Crippen LogP contribution is -2.38. The third-order valence-electron chi connectivity index (χ3n) is 6.17.